The normalized spacial score (nSPS) is 13.1. The fraction of sp³-hybridized carbons (Fsp3) is 0.333. The van der Waals surface area contributed by atoms with E-state index in [9.17, 15) is 9.67 Å². The van der Waals surface area contributed by atoms with E-state index >= 15 is 0 Å². The number of nitrogens with one attached hydrogen (secondary N) is 2. The van der Waals surface area contributed by atoms with Gasteiger partial charge >= 0.3 is 0 Å². The summed E-state index contributed by atoms with van der Waals surface area (Å²) in [6, 6.07) is 15.4. The Morgan fingerprint density at radius 1 is 1.00 bits per heavy atom. The molecular formula is C21H27N4O2PS. The Bertz CT molecular complexity index is 1020. The second-order valence-electron chi connectivity index (χ2n) is 8.46. The lowest BCUT2D eigenvalue weighted by molar-refractivity contribution is 0.347. The summed E-state index contributed by atoms with van der Waals surface area (Å²) in [6.45, 7) is 9.77. The first-order valence-electron chi connectivity index (χ1n) is 9.36. The average Bonchev–Trinajstić information content (AvgIpc) is 3.07. The van der Waals surface area contributed by atoms with Crippen molar-refractivity contribution in [2.45, 2.75) is 26.8 Å². The molecule has 0 fully saturated rings. The van der Waals surface area contributed by atoms with Gasteiger partial charge in [0.2, 0.25) is 0 Å². The van der Waals surface area contributed by atoms with Crippen LogP contribution in [-0.4, -0.2) is 27.2 Å². The quantitative estimate of drug-likeness (QED) is 0.357. The van der Waals surface area contributed by atoms with E-state index in [-0.39, 0.29) is 17.2 Å². The molecule has 0 aliphatic rings. The molecule has 0 radical (unpaired) electrons. The summed E-state index contributed by atoms with van der Waals surface area (Å²) in [5.41, 5.74) is 1.54. The molecule has 0 unspecified atom stereocenters. The van der Waals surface area contributed by atoms with Gasteiger partial charge in [0.25, 0.3) is 0 Å². The Morgan fingerprint density at radius 3 is 2.28 bits per heavy atom. The third kappa shape index (κ3) is 4.98. The molecule has 6 nitrogen and oxygen atoms in total. The third-order valence-corrected chi connectivity index (χ3v) is 6.67. The lowest BCUT2D eigenvalue weighted by Crippen LogP contribution is -2.26. The molecule has 1 aromatic heterocycles. The molecule has 0 amide bonds. The second-order valence-corrected chi connectivity index (χ2v) is 12.2. The molecule has 3 N–H and O–H groups in total. The van der Waals surface area contributed by atoms with Crippen LogP contribution in [0.5, 0.6) is 5.75 Å². The highest BCUT2D eigenvalue weighted by Crippen LogP contribution is 2.42. The van der Waals surface area contributed by atoms with Crippen LogP contribution in [0.1, 0.15) is 32.4 Å². The summed E-state index contributed by atoms with van der Waals surface area (Å²) < 4.78 is 21.2. The highest BCUT2D eigenvalue weighted by atomic mass is 32.1. The van der Waals surface area contributed by atoms with Gasteiger partial charge in [0.1, 0.15) is 12.9 Å². The third-order valence-electron chi connectivity index (χ3n) is 4.62. The van der Waals surface area contributed by atoms with E-state index in [1.807, 2.05) is 18.2 Å². The number of nitrogens with zero attached hydrogens (tertiary/aromatic N) is 2. The van der Waals surface area contributed by atoms with Crippen molar-refractivity contribution in [2.75, 3.05) is 24.0 Å². The minimum Gasteiger partial charge on any atom is -0.505 e. The van der Waals surface area contributed by atoms with Crippen molar-refractivity contribution in [3.63, 3.8) is 0 Å². The lowest BCUT2D eigenvalue weighted by atomic mass is 9.82. The Morgan fingerprint density at radius 2 is 1.66 bits per heavy atom. The Balaban J connectivity index is 1.91. The number of aromatic hydroxyl groups is 1. The van der Waals surface area contributed by atoms with Crippen molar-refractivity contribution in [3.8, 4) is 5.75 Å². The van der Waals surface area contributed by atoms with Crippen molar-refractivity contribution in [1.82, 2.24) is 8.75 Å². The number of benzene rings is 2. The smallest absolute Gasteiger partial charge is 0.188 e. The molecule has 0 bridgehead atoms. The molecule has 1 atom stereocenters. The predicted octanol–water partition coefficient (Wildman–Crippen LogP) is 5.43. The highest BCUT2D eigenvalue weighted by molar-refractivity contribution is 7.70. The molecule has 0 saturated carbocycles. The zero-order chi connectivity index (χ0) is 21.2. The van der Waals surface area contributed by atoms with Crippen molar-refractivity contribution in [1.29, 1.82) is 0 Å². The second kappa shape index (κ2) is 8.17. The van der Waals surface area contributed by atoms with E-state index < -0.39 is 7.14 Å². The van der Waals surface area contributed by atoms with Crippen molar-refractivity contribution < 1.29 is 9.67 Å². The maximum Gasteiger partial charge on any atom is 0.188 e. The van der Waals surface area contributed by atoms with Gasteiger partial charge in [-0.2, -0.15) is 8.75 Å². The van der Waals surface area contributed by atoms with Gasteiger partial charge in [0, 0.05) is 0 Å². The predicted molar refractivity (Wildman–Crippen MR) is 123 cm³/mol. The highest BCUT2D eigenvalue weighted by Gasteiger charge is 2.28. The minimum absolute atomic E-state index is 0.0135. The standard InChI is InChI=1S/C21H27N4O2PS/c1-21(2,3)18(14-10-7-6-8-11-14)23-20-19(24-29-25-20)22-15-12-9-13-16(17(15)26)28(4,5)27/h6-13,18,26H,1-5H3,(H,22,24)(H,23,25)/t18-/m0/s1. The van der Waals surface area contributed by atoms with E-state index in [1.165, 1.54) is 0 Å². The average molecular weight is 431 g/mol. The Kier molecular flexibility index (Phi) is 6.01. The van der Waals surface area contributed by atoms with Crippen LogP contribution in [0.15, 0.2) is 48.5 Å². The molecule has 0 spiro atoms. The molecule has 2 aromatic carbocycles. The van der Waals surface area contributed by atoms with Gasteiger partial charge in [-0.15, -0.1) is 0 Å². The first kappa shape index (κ1) is 21.3. The number of rotatable bonds is 6. The maximum atomic E-state index is 12.4. The van der Waals surface area contributed by atoms with E-state index in [0.717, 1.165) is 17.3 Å². The first-order chi connectivity index (χ1) is 13.6. The van der Waals surface area contributed by atoms with Gasteiger partial charge in [0.15, 0.2) is 11.6 Å². The summed E-state index contributed by atoms with van der Waals surface area (Å²) in [5.74, 6) is 1.12. The number of phenolic OH excluding ortho intramolecular Hbond substituents is 1. The number of phenols is 1. The monoisotopic (exact) mass is 430 g/mol. The number of hydrogen-bond acceptors (Lipinski definition) is 7. The van der Waals surface area contributed by atoms with E-state index in [0.29, 0.717) is 22.6 Å². The van der Waals surface area contributed by atoms with Crippen LogP contribution in [0.2, 0.25) is 0 Å². The molecule has 3 aromatic rings. The fourth-order valence-corrected chi connectivity index (χ4v) is 4.69. The Hall–Kier alpha value is -2.37. The molecule has 154 valence electrons. The molecular weight excluding hydrogens is 403 g/mol. The molecule has 8 heteroatoms. The fourth-order valence-electron chi connectivity index (χ4n) is 3.14. The van der Waals surface area contributed by atoms with Crippen LogP contribution in [0.3, 0.4) is 0 Å². The van der Waals surface area contributed by atoms with Crippen LogP contribution in [0, 0.1) is 5.41 Å². The molecule has 0 saturated heterocycles. The summed E-state index contributed by atoms with van der Waals surface area (Å²) in [4.78, 5) is 0. The van der Waals surface area contributed by atoms with Gasteiger partial charge in [0.05, 0.1) is 28.8 Å². The van der Waals surface area contributed by atoms with E-state index in [4.69, 9.17) is 0 Å². The van der Waals surface area contributed by atoms with Crippen molar-refractivity contribution >= 4 is 41.5 Å². The van der Waals surface area contributed by atoms with Crippen LogP contribution in [-0.2, 0) is 4.57 Å². The SMILES string of the molecule is CC(C)(C)[C@@H](Nc1nsnc1Nc1cccc(P(C)(C)=O)c1O)c1ccccc1. The Labute approximate surface area is 176 Å². The minimum atomic E-state index is -2.61. The van der Waals surface area contributed by atoms with Crippen LogP contribution >= 0.6 is 18.9 Å². The molecule has 1 heterocycles. The van der Waals surface area contributed by atoms with Crippen LogP contribution < -0.4 is 15.9 Å². The summed E-state index contributed by atoms with van der Waals surface area (Å²) in [5, 5.41) is 17.7. The van der Waals surface area contributed by atoms with Gasteiger partial charge in [-0.1, -0.05) is 57.2 Å². The number of aromatic nitrogens is 2. The van der Waals surface area contributed by atoms with Gasteiger partial charge in [-0.25, -0.2) is 0 Å². The van der Waals surface area contributed by atoms with Crippen molar-refractivity contribution in [2.24, 2.45) is 5.41 Å². The van der Waals surface area contributed by atoms with Gasteiger partial charge in [-0.05, 0) is 36.4 Å². The summed E-state index contributed by atoms with van der Waals surface area (Å²) in [7, 11) is -2.61. The number of hydrogen-bond donors (Lipinski definition) is 3. The van der Waals surface area contributed by atoms with E-state index in [2.05, 4.69) is 52.3 Å². The van der Waals surface area contributed by atoms with Crippen LogP contribution in [0.25, 0.3) is 0 Å². The zero-order valence-electron chi connectivity index (χ0n) is 17.3. The summed E-state index contributed by atoms with van der Waals surface area (Å²) in [6.07, 6.45) is 0. The topological polar surface area (TPSA) is 87.1 Å². The molecule has 0 aliphatic carbocycles. The van der Waals surface area contributed by atoms with Crippen molar-refractivity contribution in [3.05, 3.63) is 54.1 Å². The maximum absolute atomic E-state index is 12.4. The molecule has 3 rings (SSSR count). The lowest BCUT2D eigenvalue weighted by Gasteiger charge is -2.32. The van der Waals surface area contributed by atoms with Gasteiger partial charge in [-0.3, -0.25) is 0 Å². The van der Waals surface area contributed by atoms with Gasteiger partial charge < -0.3 is 20.3 Å². The molecule has 29 heavy (non-hydrogen) atoms. The number of anilines is 3. The summed E-state index contributed by atoms with van der Waals surface area (Å²) >= 11 is 1.09. The first-order valence-corrected chi connectivity index (χ1v) is 12.7. The number of para-hydroxylation sites is 1. The van der Waals surface area contributed by atoms with Crippen LogP contribution in [0.4, 0.5) is 17.3 Å². The molecule has 0 aliphatic heterocycles. The zero-order valence-corrected chi connectivity index (χ0v) is 19.0. The largest absolute Gasteiger partial charge is 0.505 e. The van der Waals surface area contributed by atoms with E-state index in [1.54, 1.807) is 31.5 Å².